The Morgan fingerprint density at radius 3 is 2.42 bits per heavy atom. The lowest BCUT2D eigenvalue weighted by atomic mass is 9.41. The Balaban J connectivity index is 0.988. The lowest BCUT2D eigenvalue weighted by Crippen LogP contribution is -2.63. The maximum Gasteiger partial charge on any atom is 0.170 e. The smallest absolute Gasteiger partial charge is 0.170 e. The maximum atomic E-state index is 12.8. The summed E-state index contributed by atoms with van der Waals surface area (Å²) in [5.41, 5.74) is -0.559. The largest absolute Gasteiger partial charge is 0.390 e. The zero-order valence-electron chi connectivity index (χ0n) is 32.5. The molecule has 0 radical (unpaired) electrons. The molecule has 3 saturated heterocycles. The van der Waals surface area contributed by atoms with Crippen LogP contribution in [0.3, 0.4) is 0 Å². The Bertz CT molecular complexity index is 1270. The molecule has 5 unspecified atom stereocenters. The highest BCUT2D eigenvalue weighted by atomic mass is 19.1. The number of fused-ring (bicyclic) bond motifs is 4. The number of aliphatic hydroxyl groups is 2. The molecule has 8 rings (SSSR count). The van der Waals surface area contributed by atoms with E-state index in [-0.39, 0.29) is 47.5 Å². The third-order valence-electron chi connectivity index (χ3n) is 17.4. The molecule has 5 saturated carbocycles. The second-order valence-corrected chi connectivity index (χ2v) is 20.1. The SMILES string of the molecule is CCO[C@@H](C1C[C@@H](C)[C@H]2C(O1)[C@H](O)[C@@]1(C)C3CC[C@H]4C(C)(C)[C@@H](O[C@H]5CN(C6CN(CCF)C6)CCO5)CCC45CC35CC[C@]21C)C(C)(C)O. The molecule has 2 spiro atoms. The molecule has 0 amide bonds. The first kappa shape index (κ1) is 36.6. The van der Waals surface area contributed by atoms with Crippen molar-refractivity contribution in [2.45, 2.75) is 155 Å². The minimum Gasteiger partial charge on any atom is -0.390 e. The molecule has 5 aliphatic carbocycles. The fourth-order valence-corrected chi connectivity index (χ4v) is 15.0. The van der Waals surface area contributed by atoms with Crippen molar-refractivity contribution in [1.29, 1.82) is 0 Å². The van der Waals surface area contributed by atoms with Crippen molar-refractivity contribution in [1.82, 2.24) is 9.80 Å². The molecular weight excluding hydrogens is 635 g/mol. The van der Waals surface area contributed by atoms with Crippen LogP contribution in [0.4, 0.5) is 4.39 Å². The number of hydrogen-bond acceptors (Lipinski definition) is 8. The first-order valence-corrected chi connectivity index (χ1v) is 20.5. The highest BCUT2D eigenvalue weighted by molar-refractivity contribution is 5.33. The van der Waals surface area contributed by atoms with Crippen molar-refractivity contribution < 1.29 is 33.6 Å². The number of hydrogen-bond donors (Lipinski definition) is 2. The predicted octanol–water partition coefficient (Wildman–Crippen LogP) is 5.67. The Morgan fingerprint density at radius 1 is 1.00 bits per heavy atom. The van der Waals surface area contributed by atoms with Crippen molar-refractivity contribution in [3.05, 3.63) is 0 Å². The van der Waals surface area contributed by atoms with Crippen molar-refractivity contribution in [3.8, 4) is 0 Å². The number of halogens is 1. The van der Waals surface area contributed by atoms with Crippen molar-refractivity contribution in [2.24, 2.45) is 50.7 Å². The normalized spacial score (nSPS) is 51.1. The van der Waals surface area contributed by atoms with Gasteiger partial charge in [-0.25, -0.2) is 4.39 Å². The van der Waals surface area contributed by atoms with Crippen LogP contribution < -0.4 is 0 Å². The molecule has 286 valence electrons. The van der Waals surface area contributed by atoms with E-state index >= 15 is 0 Å². The summed E-state index contributed by atoms with van der Waals surface area (Å²) in [4.78, 5) is 4.72. The molecule has 0 bridgehead atoms. The zero-order valence-corrected chi connectivity index (χ0v) is 32.5. The molecule has 0 aromatic heterocycles. The standard InChI is InChI=1S/C41H69FN2O6/c1-9-47-35(37(5,6)46)27-20-25(2)32-33(49-27)34(45)39(8)29-11-10-28-36(3,4)30(12-13-40(28)24-41(29,40)15-14-38(32,39)7)50-31-23-44(18-19-48-31)26-21-43(22-26)17-16-42/h25-35,45-46H,9-24H2,1-8H3/t25-,27?,28+,29?,30+,31+,32+,33?,34+,35+,38-,39-,40?,41?/m1/s1. The minimum absolute atomic E-state index is 0.00716. The van der Waals surface area contributed by atoms with Gasteiger partial charge in [0, 0.05) is 50.8 Å². The first-order valence-electron chi connectivity index (χ1n) is 20.5. The van der Waals surface area contributed by atoms with Gasteiger partial charge in [-0.1, -0.05) is 34.6 Å². The number of morpholine rings is 1. The Labute approximate surface area is 301 Å². The van der Waals surface area contributed by atoms with Gasteiger partial charge in [0.25, 0.3) is 0 Å². The molecular formula is C41H69FN2O6. The number of aliphatic hydroxyl groups excluding tert-OH is 1. The van der Waals surface area contributed by atoms with Crippen LogP contribution in [-0.2, 0) is 18.9 Å². The van der Waals surface area contributed by atoms with Crippen molar-refractivity contribution in [3.63, 3.8) is 0 Å². The quantitative estimate of drug-likeness (QED) is 0.318. The fourth-order valence-electron chi connectivity index (χ4n) is 15.0. The third-order valence-corrected chi connectivity index (χ3v) is 17.4. The molecule has 2 N–H and O–H groups in total. The van der Waals surface area contributed by atoms with Crippen LogP contribution in [0.5, 0.6) is 0 Å². The molecule has 14 atom stereocenters. The van der Waals surface area contributed by atoms with Gasteiger partial charge < -0.3 is 29.2 Å². The van der Waals surface area contributed by atoms with E-state index in [1.165, 1.54) is 32.1 Å². The number of rotatable bonds is 9. The first-order chi connectivity index (χ1) is 23.6. The lowest BCUT2D eigenvalue weighted by molar-refractivity contribution is -0.253. The van der Waals surface area contributed by atoms with Gasteiger partial charge in [0.1, 0.15) is 12.8 Å². The Morgan fingerprint density at radius 2 is 1.72 bits per heavy atom. The van der Waals surface area contributed by atoms with Crippen LogP contribution >= 0.6 is 0 Å². The third kappa shape index (κ3) is 5.02. The van der Waals surface area contributed by atoms with Gasteiger partial charge in [-0.2, -0.15) is 0 Å². The summed E-state index contributed by atoms with van der Waals surface area (Å²) in [6.45, 7) is 23.1. The van der Waals surface area contributed by atoms with Crippen LogP contribution in [0.15, 0.2) is 0 Å². The highest BCUT2D eigenvalue weighted by Gasteiger charge is 2.84. The van der Waals surface area contributed by atoms with Crippen LogP contribution in [0.1, 0.15) is 107 Å². The van der Waals surface area contributed by atoms with E-state index in [4.69, 9.17) is 18.9 Å². The highest BCUT2D eigenvalue weighted by Crippen LogP contribution is 2.89. The molecule has 8 aliphatic rings. The number of likely N-dealkylation sites (tertiary alicyclic amines) is 1. The van der Waals surface area contributed by atoms with Gasteiger partial charge in [-0.3, -0.25) is 9.80 Å². The Kier molecular flexibility index (Phi) is 9.01. The summed E-state index contributed by atoms with van der Waals surface area (Å²) in [5, 5.41) is 23.7. The Hall–Kier alpha value is -0.390. The van der Waals surface area contributed by atoms with Gasteiger partial charge in [-0.15, -0.1) is 0 Å². The van der Waals surface area contributed by atoms with Crippen LogP contribution in [-0.4, -0.2) is 121 Å². The molecule has 0 aromatic carbocycles. The summed E-state index contributed by atoms with van der Waals surface area (Å²) in [6, 6.07) is 0.487. The second kappa shape index (κ2) is 12.3. The van der Waals surface area contributed by atoms with E-state index in [2.05, 4.69) is 44.4 Å². The van der Waals surface area contributed by atoms with E-state index in [9.17, 15) is 14.6 Å². The van der Waals surface area contributed by atoms with Gasteiger partial charge in [0.05, 0.1) is 36.6 Å². The number of nitrogens with zero attached hydrogens (tertiary/aromatic N) is 2. The average Bonchev–Trinajstić information content (AvgIpc) is 3.67. The molecule has 0 aromatic rings. The molecule has 50 heavy (non-hydrogen) atoms. The second-order valence-electron chi connectivity index (χ2n) is 20.1. The minimum atomic E-state index is -1.02. The molecule has 3 heterocycles. The van der Waals surface area contributed by atoms with Gasteiger partial charge >= 0.3 is 0 Å². The van der Waals surface area contributed by atoms with Gasteiger partial charge in [0.2, 0.25) is 0 Å². The summed E-state index contributed by atoms with van der Waals surface area (Å²) >= 11 is 0. The van der Waals surface area contributed by atoms with Crippen LogP contribution in [0.2, 0.25) is 0 Å². The topological polar surface area (TPSA) is 83.9 Å². The zero-order chi connectivity index (χ0) is 35.6. The number of alkyl halides is 1. The molecule has 8 nitrogen and oxygen atoms in total. The molecule has 9 heteroatoms. The summed E-state index contributed by atoms with van der Waals surface area (Å²) in [7, 11) is 0. The van der Waals surface area contributed by atoms with Crippen LogP contribution in [0, 0.1) is 50.7 Å². The summed E-state index contributed by atoms with van der Waals surface area (Å²) in [5.74, 6) is 1.78. The maximum absolute atomic E-state index is 12.8. The average molecular weight is 705 g/mol. The fraction of sp³-hybridized carbons (Fsp3) is 1.00. The number of ether oxygens (including phenoxy) is 4. The summed E-state index contributed by atoms with van der Waals surface area (Å²) < 4.78 is 39.1. The van der Waals surface area contributed by atoms with E-state index < -0.39 is 17.8 Å². The van der Waals surface area contributed by atoms with E-state index in [1.54, 1.807) is 0 Å². The molecule has 8 fully saturated rings. The van der Waals surface area contributed by atoms with Gasteiger partial charge in [-0.05, 0) is 117 Å². The molecule has 3 aliphatic heterocycles. The van der Waals surface area contributed by atoms with E-state index in [1.807, 2.05) is 20.8 Å². The monoisotopic (exact) mass is 705 g/mol. The van der Waals surface area contributed by atoms with Crippen molar-refractivity contribution in [2.75, 3.05) is 52.6 Å². The van der Waals surface area contributed by atoms with Gasteiger partial charge in [0.15, 0.2) is 6.29 Å². The van der Waals surface area contributed by atoms with E-state index in [0.29, 0.717) is 60.3 Å². The predicted molar refractivity (Wildman–Crippen MR) is 190 cm³/mol. The summed E-state index contributed by atoms with van der Waals surface area (Å²) in [6.07, 6.45) is 7.79. The van der Waals surface area contributed by atoms with Crippen molar-refractivity contribution >= 4 is 0 Å². The van der Waals surface area contributed by atoms with Crippen LogP contribution in [0.25, 0.3) is 0 Å². The lowest BCUT2D eigenvalue weighted by Gasteiger charge is -2.64. The van der Waals surface area contributed by atoms with E-state index in [0.717, 1.165) is 45.4 Å².